The van der Waals surface area contributed by atoms with E-state index in [1.807, 2.05) is 6.08 Å². The summed E-state index contributed by atoms with van der Waals surface area (Å²) in [6, 6.07) is 0.630. The Kier molecular flexibility index (Phi) is 6.69. The fourth-order valence-corrected chi connectivity index (χ4v) is 2.20. The zero-order chi connectivity index (χ0) is 10.9. The highest BCUT2D eigenvalue weighted by molar-refractivity contribution is 4.81. The Hall–Kier alpha value is -0.340. The van der Waals surface area contributed by atoms with Crippen molar-refractivity contribution >= 4 is 0 Å². The van der Waals surface area contributed by atoms with Crippen molar-refractivity contribution in [3.05, 3.63) is 12.7 Å². The molecular formula is C13H25NO. The van der Waals surface area contributed by atoms with Gasteiger partial charge in [0, 0.05) is 19.3 Å². The Morgan fingerprint density at radius 2 is 2.20 bits per heavy atom. The van der Waals surface area contributed by atoms with Crippen molar-refractivity contribution < 1.29 is 4.74 Å². The van der Waals surface area contributed by atoms with Gasteiger partial charge in [-0.15, -0.1) is 6.58 Å². The van der Waals surface area contributed by atoms with Gasteiger partial charge in [0.15, 0.2) is 0 Å². The van der Waals surface area contributed by atoms with Crippen molar-refractivity contribution in [1.82, 2.24) is 5.32 Å². The summed E-state index contributed by atoms with van der Waals surface area (Å²) < 4.78 is 5.38. The molecule has 1 N–H and O–H groups in total. The molecule has 0 aromatic heterocycles. The summed E-state index contributed by atoms with van der Waals surface area (Å²) in [5.74, 6) is 0.855. The molecule has 2 heteroatoms. The van der Waals surface area contributed by atoms with Crippen LogP contribution in [0.5, 0.6) is 0 Å². The number of hydrogen-bond acceptors (Lipinski definition) is 2. The van der Waals surface area contributed by atoms with Gasteiger partial charge in [0.05, 0.1) is 0 Å². The van der Waals surface area contributed by atoms with Crippen molar-refractivity contribution in [2.24, 2.45) is 5.92 Å². The largest absolute Gasteiger partial charge is 0.381 e. The van der Waals surface area contributed by atoms with Gasteiger partial charge in [-0.05, 0) is 44.6 Å². The lowest BCUT2D eigenvalue weighted by Crippen LogP contribution is -2.32. The Labute approximate surface area is 94.1 Å². The van der Waals surface area contributed by atoms with E-state index in [2.05, 4.69) is 18.8 Å². The monoisotopic (exact) mass is 211 g/mol. The van der Waals surface area contributed by atoms with Gasteiger partial charge in [0.2, 0.25) is 0 Å². The number of ether oxygens (including phenoxy) is 1. The maximum absolute atomic E-state index is 5.38. The summed E-state index contributed by atoms with van der Waals surface area (Å²) in [6.07, 6.45) is 8.10. The van der Waals surface area contributed by atoms with E-state index in [1.165, 1.54) is 25.7 Å². The van der Waals surface area contributed by atoms with Crippen molar-refractivity contribution in [3.63, 3.8) is 0 Å². The molecule has 0 aliphatic carbocycles. The summed E-state index contributed by atoms with van der Waals surface area (Å²) in [7, 11) is 0. The first-order chi connectivity index (χ1) is 7.36. The first-order valence-electron chi connectivity index (χ1n) is 6.28. The van der Waals surface area contributed by atoms with Crippen LogP contribution in [0.2, 0.25) is 0 Å². The molecule has 0 spiro atoms. The lowest BCUT2D eigenvalue weighted by atomic mass is 9.91. The van der Waals surface area contributed by atoms with Crippen molar-refractivity contribution in [1.29, 1.82) is 0 Å². The second-order valence-electron chi connectivity index (χ2n) is 4.47. The molecule has 1 unspecified atom stereocenters. The Balaban J connectivity index is 2.24. The fraction of sp³-hybridized carbons (Fsp3) is 0.846. The van der Waals surface area contributed by atoms with Crippen LogP contribution in [0.15, 0.2) is 12.7 Å². The van der Waals surface area contributed by atoms with E-state index in [-0.39, 0.29) is 0 Å². The molecule has 15 heavy (non-hydrogen) atoms. The van der Waals surface area contributed by atoms with Crippen LogP contribution in [0.1, 0.15) is 39.0 Å². The standard InChI is InChI=1S/C13H25NO/c1-3-5-13(14-8-4-2)11-12-6-9-15-10-7-12/h3,12-14H,1,4-11H2,2H3. The highest BCUT2D eigenvalue weighted by Crippen LogP contribution is 2.21. The highest BCUT2D eigenvalue weighted by Gasteiger charge is 2.17. The Morgan fingerprint density at radius 3 is 2.80 bits per heavy atom. The molecule has 0 saturated carbocycles. The van der Waals surface area contributed by atoms with Gasteiger partial charge in [-0.25, -0.2) is 0 Å². The van der Waals surface area contributed by atoms with Crippen LogP contribution in [0.4, 0.5) is 0 Å². The topological polar surface area (TPSA) is 21.3 Å². The number of nitrogens with one attached hydrogen (secondary N) is 1. The molecule has 1 aliphatic rings. The van der Waals surface area contributed by atoms with Gasteiger partial charge in [-0.1, -0.05) is 13.0 Å². The van der Waals surface area contributed by atoms with Crippen LogP contribution >= 0.6 is 0 Å². The second-order valence-corrected chi connectivity index (χ2v) is 4.47. The third-order valence-corrected chi connectivity index (χ3v) is 3.09. The normalized spacial score (nSPS) is 20.1. The van der Waals surface area contributed by atoms with E-state index in [9.17, 15) is 0 Å². The van der Waals surface area contributed by atoms with Crippen LogP contribution in [0, 0.1) is 5.92 Å². The van der Waals surface area contributed by atoms with E-state index in [1.54, 1.807) is 0 Å². The fourth-order valence-electron chi connectivity index (χ4n) is 2.20. The van der Waals surface area contributed by atoms with E-state index < -0.39 is 0 Å². The Bertz CT molecular complexity index is 164. The van der Waals surface area contributed by atoms with E-state index in [4.69, 9.17) is 4.74 Å². The number of rotatable bonds is 7. The highest BCUT2D eigenvalue weighted by atomic mass is 16.5. The van der Waals surface area contributed by atoms with Crippen molar-refractivity contribution in [2.75, 3.05) is 19.8 Å². The molecule has 1 fully saturated rings. The summed E-state index contributed by atoms with van der Waals surface area (Å²) >= 11 is 0. The second kappa shape index (κ2) is 7.89. The van der Waals surface area contributed by atoms with Gasteiger partial charge < -0.3 is 10.1 Å². The molecule has 1 rings (SSSR count). The van der Waals surface area contributed by atoms with Crippen LogP contribution in [0.25, 0.3) is 0 Å². The predicted octanol–water partition coefficient (Wildman–Crippen LogP) is 2.75. The third kappa shape index (κ3) is 5.33. The molecule has 0 aromatic carbocycles. The van der Waals surface area contributed by atoms with Crippen LogP contribution < -0.4 is 5.32 Å². The average Bonchev–Trinajstić information content (AvgIpc) is 2.28. The van der Waals surface area contributed by atoms with Crippen LogP contribution in [-0.4, -0.2) is 25.8 Å². The van der Waals surface area contributed by atoms with Gasteiger partial charge in [-0.3, -0.25) is 0 Å². The van der Waals surface area contributed by atoms with Crippen LogP contribution in [0.3, 0.4) is 0 Å². The molecular weight excluding hydrogens is 186 g/mol. The minimum absolute atomic E-state index is 0.630. The molecule has 1 saturated heterocycles. The molecule has 0 aromatic rings. The summed E-state index contributed by atoms with van der Waals surface area (Å²) in [4.78, 5) is 0. The molecule has 1 heterocycles. The van der Waals surface area contributed by atoms with Gasteiger partial charge in [0.1, 0.15) is 0 Å². The first kappa shape index (κ1) is 12.7. The molecule has 1 atom stereocenters. The van der Waals surface area contributed by atoms with Crippen molar-refractivity contribution in [3.8, 4) is 0 Å². The zero-order valence-corrected chi connectivity index (χ0v) is 10.0. The zero-order valence-electron chi connectivity index (χ0n) is 10.0. The molecule has 1 aliphatic heterocycles. The summed E-state index contributed by atoms with van der Waals surface area (Å²) in [6.45, 7) is 9.09. The van der Waals surface area contributed by atoms with Crippen LogP contribution in [-0.2, 0) is 4.74 Å². The average molecular weight is 211 g/mol. The van der Waals surface area contributed by atoms with Gasteiger partial charge in [0.25, 0.3) is 0 Å². The molecule has 88 valence electrons. The lowest BCUT2D eigenvalue weighted by molar-refractivity contribution is 0.0606. The number of hydrogen-bond donors (Lipinski definition) is 1. The SMILES string of the molecule is C=CCC(CC1CCOCC1)NCCC. The summed E-state index contributed by atoms with van der Waals surface area (Å²) in [5.41, 5.74) is 0. The van der Waals surface area contributed by atoms with Crippen molar-refractivity contribution in [2.45, 2.75) is 45.1 Å². The maximum Gasteiger partial charge on any atom is 0.0468 e. The minimum Gasteiger partial charge on any atom is -0.381 e. The molecule has 0 bridgehead atoms. The minimum atomic E-state index is 0.630. The smallest absolute Gasteiger partial charge is 0.0468 e. The quantitative estimate of drug-likeness (QED) is 0.654. The molecule has 0 amide bonds. The molecule has 0 radical (unpaired) electrons. The van der Waals surface area contributed by atoms with Gasteiger partial charge in [-0.2, -0.15) is 0 Å². The van der Waals surface area contributed by atoms with E-state index in [0.717, 1.165) is 32.1 Å². The predicted molar refractivity (Wildman–Crippen MR) is 65.1 cm³/mol. The van der Waals surface area contributed by atoms with E-state index >= 15 is 0 Å². The van der Waals surface area contributed by atoms with Gasteiger partial charge >= 0.3 is 0 Å². The summed E-state index contributed by atoms with van der Waals surface area (Å²) in [5, 5.41) is 3.61. The molecule has 2 nitrogen and oxygen atoms in total. The van der Waals surface area contributed by atoms with E-state index in [0.29, 0.717) is 6.04 Å². The first-order valence-corrected chi connectivity index (χ1v) is 6.28. The maximum atomic E-state index is 5.38. The lowest BCUT2D eigenvalue weighted by Gasteiger charge is -2.26. The third-order valence-electron chi connectivity index (χ3n) is 3.09. The Morgan fingerprint density at radius 1 is 1.47 bits per heavy atom.